The van der Waals surface area contributed by atoms with Crippen LogP contribution in [0.15, 0.2) is 52.9 Å². The maximum atomic E-state index is 12.6. The van der Waals surface area contributed by atoms with Gasteiger partial charge >= 0.3 is 0 Å². The number of nitrogens with one attached hydrogen (secondary N) is 1. The lowest BCUT2D eigenvalue weighted by Crippen LogP contribution is -2.20. The summed E-state index contributed by atoms with van der Waals surface area (Å²) in [7, 11) is 1.56. The second kappa shape index (κ2) is 8.75. The number of rotatable bonds is 6. The Hall–Kier alpha value is -3.80. The number of carbonyl (C=O) groups is 1. The standard InChI is InChI=1S/C26H26N2O4/c1-15-7-6-8-22(18(15)4)31-14-25(29)27-21-13-19(9-10-23(21)30-5)26-28-20-11-16(2)17(3)12-24(20)32-26/h6-13H,14H2,1-5H3,(H,27,29). The highest BCUT2D eigenvalue weighted by atomic mass is 16.5. The van der Waals surface area contributed by atoms with Crippen molar-refractivity contribution < 1.29 is 18.7 Å². The molecule has 6 nitrogen and oxygen atoms in total. The number of oxazole rings is 1. The molecule has 1 heterocycles. The molecule has 0 fully saturated rings. The van der Waals surface area contributed by atoms with E-state index in [1.807, 2.05) is 64.1 Å². The number of ether oxygens (including phenoxy) is 2. The first kappa shape index (κ1) is 21.4. The number of amides is 1. The minimum absolute atomic E-state index is 0.112. The molecule has 32 heavy (non-hydrogen) atoms. The molecule has 4 aromatic rings. The van der Waals surface area contributed by atoms with E-state index in [2.05, 4.69) is 10.3 Å². The highest BCUT2D eigenvalue weighted by Crippen LogP contribution is 2.32. The minimum Gasteiger partial charge on any atom is -0.495 e. The summed E-state index contributed by atoms with van der Waals surface area (Å²) < 4.78 is 17.1. The van der Waals surface area contributed by atoms with Crippen LogP contribution in [0.25, 0.3) is 22.6 Å². The van der Waals surface area contributed by atoms with Gasteiger partial charge in [-0.15, -0.1) is 0 Å². The van der Waals surface area contributed by atoms with Crippen LogP contribution in [0.1, 0.15) is 22.3 Å². The van der Waals surface area contributed by atoms with Crippen LogP contribution in [0.5, 0.6) is 11.5 Å². The van der Waals surface area contributed by atoms with E-state index >= 15 is 0 Å². The molecule has 0 aliphatic heterocycles. The van der Waals surface area contributed by atoms with Crippen LogP contribution in [0, 0.1) is 27.7 Å². The monoisotopic (exact) mass is 430 g/mol. The number of anilines is 1. The number of carbonyl (C=O) groups excluding carboxylic acids is 1. The minimum atomic E-state index is -0.287. The van der Waals surface area contributed by atoms with Crippen LogP contribution in [-0.4, -0.2) is 24.6 Å². The summed E-state index contributed by atoms with van der Waals surface area (Å²) in [5.41, 5.74) is 7.22. The zero-order valence-corrected chi connectivity index (χ0v) is 18.9. The lowest BCUT2D eigenvalue weighted by atomic mass is 10.1. The summed E-state index contributed by atoms with van der Waals surface area (Å²) in [6.45, 7) is 7.95. The predicted octanol–water partition coefficient (Wildman–Crippen LogP) is 5.75. The maximum absolute atomic E-state index is 12.6. The fourth-order valence-electron chi connectivity index (χ4n) is 3.45. The van der Waals surface area contributed by atoms with Crippen LogP contribution in [-0.2, 0) is 4.79 Å². The number of aryl methyl sites for hydroxylation is 3. The molecule has 0 aliphatic rings. The largest absolute Gasteiger partial charge is 0.495 e. The van der Waals surface area contributed by atoms with Gasteiger partial charge in [-0.1, -0.05) is 12.1 Å². The number of fused-ring (bicyclic) bond motifs is 1. The van der Waals surface area contributed by atoms with Crippen molar-refractivity contribution in [2.45, 2.75) is 27.7 Å². The van der Waals surface area contributed by atoms with E-state index in [9.17, 15) is 4.79 Å². The van der Waals surface area contributed by atoms with Gasteiger partial charge in [0.05, 0.1) is 12.8 Å². The van der Waals surface area contributed by atoms with Gasteiger partial charge in [-0.3, -0.25) is 4.79 Å². The Morgan fingerprint density at radius 1 is 0.969 bits per heavy atom. The molecule has 0 aliphatic carbocycles. The first-order chi connectivity index (χ1) is 15.4. The third-order valence-corrected chi connectivity index (χ3v) is 5.64. The molecule has 164 valence electrons. The quantitative estimate of drug-likeness (QED) is 0.421. The number of hydrogen-bond donors (Lipinski definition) is 1. The summed E-state index contributed by atoms with van der Waals surface area (Å²) in [6.07, 6.45) is 0. The fraction of sp³-hybridized carbons (Fsp3) is 0.231. The summed E-state index contributed by atoms with van der Waals surface area (Å²) in [4.78, 5) is 17.2. The number of benzene rings is 3. The van der Waals surface area contributed by atoms with Crippen molar-refractivity contribution in [1.82, 2.24) is 4.98 Å². The molecular formula is C26H26N2O4. The SMILES string of the molecule is COc1ccc(-c2nc3cc(C)c(C)cc3o2)cc1NC(=O)COc1cccc(C)c1C. The Labute approximate surface area is 187 Å². The molecule has 0 bridgehead atoms. The van der Waals surface area contributed by atoms with E-state index < -0.39 is 0 Å². The van der Waals surface area contributed by atoms with Crippen molar-refractivity contribution in [3.63, 3.8) is 0 Å². The first-order valence-electron chi connectivity index (χ1n) is 10.4. The second-order valence-corrected chi connectivity index (χ2v) is 7.87. The summed E-state index contributed by atoms with van der Waals surface area (Å²) in [5.74, 6) is 1.43. The summed E-state index contributed by atoms with van der Waals surface area (Å²) in [6, 6.07) is 15.2. The lowest BCUT2D eigenvalue weighted by molar-refractivity contribution is -0.118. The van der Waals surface area contributed by atoms with Crippen molar-refractivity contribution >= 4 is 22.7 Å². The highest BCUT2D eigenvalue weighted by Gasteiger charge is 2.15. The van der Waals surface area contributed by atoms with E-state index in [1.54, 1.807) is 19.2 Å². The van der Waals surface area contributed by atoms with Crippen LogP contribution in [0.2, 0.25) is 0 Å². The zero-order chi connectivity index (χ0) is 22.8. The topological polar surface area (TPSA) is 73.6 Å². The number of nitrogens with zero attached hydrogens (tertiary/aromatic N) is 1. The van der Waals surface area contributed by atoms with Gasteiger partial charge in [0.25, 0.3) is 5.91 Å². The van der Waals surface area contributed by atoms with E-state index in [4.69, 9.17) is 13.9 Å². The molecule has 0 spiro atoms. The smallest absolute Gasteiger partial charge is 0.262 e. The Morgan fingerprint density at radius 2 is 1.75 bits per heavy atom. The van der Waals surface area contributed by atoms with Gasteiger partial charge in [-0.25, -0.2) is 4.98 Å². The molecule has 0 unspecified atom stereocenters. The van der Waals surface area contributed by atoms with E-state index in [0.717, 1.165) is 38.9 Å². The Bertz CT molecular complexity index is 1270. The Morgan fingerprint density at radius 3 is 2.53 bits per heavy atom. The molecule has 0 saturated heterocycles. The van der Waals surface area contributed by atoms with Crippen molar-refractivity contribution in [2.75, 3.05) is 19.0 Å². The van der Waals surface area contributed by atoms with Gasteiger partial charge in [0.15, 0.2) is 12.2 Å². The Kier molecular flexibility index (Phi) is 5.86. The van der Waals surface area contributed by atoms with Crippen molar-refractivity contribution in [3.8, 4) is 23.0 Å². The molecule has 3 aromatic carbocycles. The van der Waals surface area contributed by atoms with Gasteiger partial charge < -0.3 is 19.2 Å². The van der Waals surface area contributed by atoms with Crippen LogP contribution in [0.4, 0.5) is 5.69 Å². The lowest BCUT2D eigenvalue weighted by Gasteiger charge is -2.13. The Balaban J connectivity index is 1.55. The van der Waals surface area contributed by atoms with E-state index in [1.165, 1.54) is 0 Å². The number of methoxy groups -OCH3 is 1. The average Bonchev–Trinajstić information content (AvgIpc) is 3.17. The maximum Gasteiger partial charge on any atom is 0.262 e. The molecule has 1 N–H and O–H groups in total. The van der Waals surface area contributed by atoms with Crippen LogP contribution >= 0.6 is 0 Å². The van der Waals surface area contributed by atoms with Crippen molar-refractivity contribution in [3.05, 3.63) is 70.8 Å². The molecular weight excluding hydrogens is 404 g/mol. The average molecular weight is 431 g/mol. The summed E-state index contributed by atoms with van der Waals surface area (Å²) >= 11 is 0. The van der Waals surface area contributed by atoms with Gasteiger partial charge in [0.2, 0.25) is 5.89 Å². The molecule has 0 saturated carbocycles. The van der Waals surface area contributed by atoms with Gasteiger partial charge in [0, 0.05) is 5.56 Å². The summed E-state index contributed by atoms with van der Waals surface area (Å²) in [5, 5.41) is 2.87. The van der Waals surface area contributed by atoms with Crippen LogP contribution < -0.4 is 14.8 Å². The van der Waals surface area contributed by atoms with E-state index in [0.29, 0.717) is 23.1 Å². The van der Waals surface area contributed by atoms with E-state index in [-0.39, 0.29) is 12.5 Å². The third-order valence-electron chi connectivity index (χ3n) is 5.64. The van der Waals surface area contributed by atoms with Crippen LogP contribution in [0.3, 0.4) is 0 Å². The van der Waals surface area contributed by atoms with Gasteiger partial charge in [-0.05, 0) is 86.3 Å². The molecule has 1 amide bonds. The molecule has 4 rings (SSSR count). The fourth-order valence-corrected chi connectivity index (χ4v) is 3.45. The van der Waals surface area contributed by atoms with Gasteiger partial charge in [0.1, 0.15) is 17.0 Å². The molecule has 0 radical (unpaired) electrons. The first-order valence-corrected chi connectivity index (χ1v) is 10.4. The van der Waals surface area contributed by atoms with Gasteiger partial charge in [-0.2, -0.15) is 0 Å². The number of aromatic nitrogens is 1. The predicted molar refractivity (Wildman–Crippen MR) is 126 cm³/mol. The van der Waals surface area contributed by atoms with Crippen molar-refractivity contribution in [1.29, 1.82) is 0 Å². The third kappa shape index (κ3) is 4.30. The molecule has 0 atom stereocenters. The highest BCUT2D eigenvalue weighted by molar-refractivity contribution is 5.94. The second-order valence-electron chi connectivity index (χ2n) is 7.87. The van der Waals surface area contributed by atoms with Crippen molar-refractivity contribution in [2.24, 2.45) is 0 Å². The zero-order valence-electron chi connectivity index (χ0n) is 18.9. The normalized spacial score (nSPS) is 10.9. The number of hydrogen-bond acceptors (Lipinski definition) is 5. The molecule has 6 heteroatoms. The molecule has 1 aromatic heterocycles.